The van der Waals surface area contributed by atoms with Gasteiger partial charge in [-0.05, 0) is 93.2 Å². The third-order valence-electron chi connectivity index (χ3n) is 9.33. The van der Waals surface area contributed by atoms with Crippen LogP contribution in [0, 0.1) is 24.2 Å². The van der Waals surface area contributed by atoms with Crippen LogP contribution < -0.4 is 5.32 Å². The summed E-state index contributed by atoms with van der Waals surface area (Å²) in [5.41, 5.74) is 3.49. The molecule has 1 N–H and O–H groups in total. The molecule has 1 aliphatic heterocycles. The summed E-state index contributed by atoms with van der Waals surface area (Å²) in [7, 11) is 0. The van der Waals surface area contributed by atoms with Gasteiger partial charge in [-0.25, -0.2) is 0 Å². The first kappa shape index (κ1) is 21.9. The topological polar surface area (TPSA) is 49.4 Å². The monoisotopic (exact) mass is 456 g/mol. The highest BCUT2D eigenvalue weighted by atomic mass is 16.2. The van der Waals surface area contributed by atoms with E-state index in [2.05, 4.69) is 41.4 Å². The molecule has 2 aromatic carbocycles. The van der Waals surface area contributed by atoms with Crippen LogP contribution in [0.4, 0.5) is 0 Å². The van der Waals surface area contributed by atoms with Gasteiger partial charge >= 0.3 is 0 Å². The number of benzene rings is 2. The molecule has 1 saturated heterocycles. The van der Waals surface area contributed by atoms with Gasteiger partial charge in [0.1, 0.15) is 0 Å². The highest BCUT2D eigenvalue weighted by molar-refractivity contribution is 5.94. The van der Waals surface area contributed by atoms with Crippen molar-refractivity contribution in [1.82, 2.24) is 10.2 Å². The molecule has 4 bridgehead atoms. The number of aryl methyl sites for hydroxylation is 1. The number of piperidine rings is 1. The highest BCUT2D eigenvalue weighted by Crippen LogP contribution is 2.66. The minimum atomic E-state index is -0.172. The molecule has 178 valence electrons. The molecule has 2 amide bonds. The fraction of sp³-hybridized carbons (Fsp3) is 0.533. The van der Waals surface area contributed by atoms with E-state index in [1.807, 2.05) is 30.3 Å². The number of carbonyl (C=O) groups excluding carboxylic acids is 2. The molecule has 0 radical (unpaired) electrons. The van der Waals surface area contributed by atoms with E-state index in [0.717, 1.165) is 45.2 Å². The van der Waals surface area contributed by atoms with Crippen molar-refractivity contribution in [2.75, 3.05) is 13.1 Å². The number of nitrogens with zero attached hydrogens (tertiary/aromatic N) is 1. The lowest BCUT2D eigenvalue weighted by atomic mass is 9.42. The third kappa shape index (κ3) is 3.76. The highest BCUT2D eigenvalue weighted by Gasteiger charge is 2.61. The Balaban J connectivity index is 1.15. The largest absolute Gasteiger partial charge is 0.349 e. The molecule has 1 heterocycles. The first-order chi connectivity index (χ1) is 16.4. The van der Waals surface area contributed by atoms with Crippen LogP contribution in [-0.4, -0.2) is 35.8 Å². The first-order valence-corrected chi connectivity index (χ1v) is 13.2. The van der Waals surface area contributed by atoms with Crippen LogP contribution in [0.5, 0.6) is 0 Å². The molecule has 4 saturated carbocycles. The number of likely N-dealkylation sites (tertiary alicyclic amines) is 1. The van der Waals surface area contributed by atoms with Crippen LogP contribution in [0.25, 0.3) is 0 Å². The Morgan fingerprint density at radius 2 is 1.53 bits per heavy atom. The van der Waals surface area contributed by atoms with Gasteiger partial charge in [-0.3, -0.25) is 9.59 Å². The first-order valence-electron chi connectivity index (χ1n) is 13.2. The SMILES string of the molecule is Cc1ccc(C23CC4CC(CC(C(=O)N5CCC(NC(=O)c6ccccc6)CC5)(C4)C2)C3)cc1. The number of hydrogen-bond acceptors (Lipinski definition) is 2. The van der Waals surface area contributed by atoms with Crippen LogP contribution >= 0.6 is 0 Å². The van der Waals surface area contributed by atoms with Crippen molar-refractivity contribution in [3.8, 4) is 0 Å². The van der Waals surface area contributed by atoms with Crippen LogP contribution in [0.2, 0.25) is 0 Å². The maximum atomic E-state index is 14.1. The molecule has 2 atom stereocenters. The summed E-state index contributed by atoms with van der Waals surface area (Å²) in [4.78, 5) is 28.8. The van der Waals surface area contributed by atoms with Crippen LogP contribution in [0.15, 0.2) is 54.6 Å². The number of carbonyl (C=O) groups is 2. The van der Waals surface area contributed by atoms with Crippen LogP contribution in [-0.2, 0) is 10.2 Å². The molecule has 4 heteroatoms. The van der Waals surface area contributed by atoms with E-state index < -0.39 is 0 Å². The Morgan fingerprint density at radius 1 is 0.882 bits per heavy atom. The Labute approximate surface area is 203 Å². The zero-order valence-electron chi connectivity index (χ0n) is 20.3. The summed E-state index contributed by atoms with van der Waals surface area (Å²) in [5.74, 6) is 1.78. The van der Waals surface area contributed by atoms with Gasteiger partial charge in [0.15, 0.2) is 0 Å². The van der Waals surface area contributed by atoms with Crippen LogP contribution in [0.1, 0.15) is 72.9 Å². The van der Waals surface area contributed by atoms with Crippen molar-refractivity contribution >= 4 is 11.8 Å². The minimum absolute atomic E-state index is 0.00787. The van der Waals surface area contributed by atoms with Gasteiger partial charge in [-0.1, -0.05) is 48.0 Å². The summed E-state index contributed by atoms with van der Waals surface area (Å²) in [5, 5.41) is 3.19. The van der Waals surface area contributed by atoms with Gasteiger partial charge < -0.3 is 10.2 Å². The van der Waals surface area contributed by atoms with E-state index in [9.17, 15) is 9.59 Å². The second kappa shape index (κ2) is 8.25. The fourth-order valence-corrected chi connectivity index (χ4v) is 8.18. The number of amides is 2. The Morgan fingerprint density at radius 3 is 2.18 bits per heavy atom. The van der Waals surface area contributed by atoms with E-state index in [4.69, 9.17) is 0 Å². The Kier molecular flexibility index (Phi) is 5.31. The van der Waals surface area contributed by atoms with E-state index in [1.165, 1.54) is 30.4 Å². The average molecular weight is 457 g/mol. The van der Waals surface area contributed by atoms with E-state index in [0.29, 0.717) is 23.3 Å². The van der Waals surface area contributed by atoms with Gasteiger partial charge in [0.05, 0.1) is 5.41 Å². The maximum absolute atomic E-state index is 14.1. The second-order valence-electron chi connectivity index (χ2n) is 11.8. The normalized spacial score (nSPS) is 32.6. The second-order valence-corrected chi connectivity index (χ2v) is 11.8. The molecule has 5 fully saturated rings. The van der Waals surface area contributed by atoms with E-state index >= 15 is 0 Å². The fourth-order valence-electron chi connectivity index (χ4n) is 8.18. The molecule has 4 aliphatic carbocycles. The van der Waals surface area contributed by atoms with Gasteiger partial charge in [0.2, 0.25) is 5.91 Å². The van der Waals surface area contributed by atoms with Crippen molar-refractivity contribution < 1.29 is 9.59 Å². The minimum Gasteiger partial charge on any atom is -0.349 e. The third-order valence-corrected chi connectivity index (χ3v) is 9.33. The summed E-state index contributed by atoms with van der Waals surface area (Å²) < 4.78 is 0. The molecular weight excluding hydrogens is 420 g/mol. The molecule has 5 aliphatic rings. The molecule has 0 spiro atoms. The van der Waals surface area contributed by atoms with Crippen molar-refractivity contribution in [2.45, 2.75) is 69.7 Å². The maximum Gasteiger partial charge on any atom is 0.251 e. The predicted octanol–water partition coefficient (Wildman–Crippen LogP) is 5.25. The Hall–Kier alpha value is -2.62. The van der Waals surface area contributed by atoms with Crippen LogP contribution in [0.3, 0.4) is 0 Å². The lowest BCUT2D eigenvalue weighted by molar-refractivity contribution is -0.161. The van der Waals surface area contributed by atoms with E-state index in [-0.39, 0.29) is 22.8 Å². The molecule has 4 nitrogen and oxygen atoms in total. The zero-order valence-corrected chi connectivity index (χ0v) is 20.3. The standard InChI is InChI=1S/C30H36N2O2/c1-21-7-9-25(10-8-21)29-16-22-15-23(17-29)19-30(18-22,20-29)28(34)32-13-11-26(12-14-32)31-27(33)24-5-3-2-4-6-24/h2-10,22-23,26H,11-20H2,1H3,(H,31,33). The van der Waals surface area contributed by atoms with Crippen molar-refractivity contribution in [1.29, 1.82) is 0 Å². The van der Waals surface area contributed by atoms with Gasteiger partial charge in [-0.2, -0.15) is 0 Å². The molecule has 2 unspecified atom stereocenters. The van der Waals surface area contributed by atoms with Gasteiger partial charge in [0.25, 0.3) is 5.91 Å². The average Bonchev–Trinajstić information content (AvgIpc) is 2.84. The lowest BCUT2D eigenvalue weighted by Crippen LogP contribution is -2.60. The molecule has 34 heavy (non-hydrogen) atoms. The smallest absolute Gasteiger partial charge is 0.251 e. The van der Waals surface area contributed by atoms with Gasteiger partial charge in [-0.15, -0.1) is 0 Å². The number of nitrogens with one attached hydrogen (secondary N) is 1. The number of rotatable bonds is 4. The predicted molar refractivity (Wildman–Crippen MR) is 133 cm³/mol. The number of hydrogen-bond donors (Lipinski definition) is 1. The Bertz CT molecular complexity index is 1050. The summed E-state index contributed by atoms with van der Waals surface area (Å²) >= 11 is 0. The summed E-state index contributed by atoms with van der Waals surface area (Å²) in [6.07, 6.45) is 8.72. The lowest BCUT2D eigenvalue weighted by Gasteiger charge is -2.62. The molecular formula is C30H36N2O2. The molecule has 2 aromatic rings. The van der Waals surface area contributed by atoms with Crippen molar-refractivity contribution in [2.24, 2.45) is 17.3 Å². The summed E-state index contributed by atoms with van der Waals surface area (Å²) in [6, 6.07) is 18.7. The van der Waals surface area contributed by atoms with Gasteiger partial charge in [0, 0.05) is 24.7 Å². The quantitative estimate of drug-likeness (QED) is 0.683. The van der Waals surface area contributed by atoms with Crippen molar-refractivity contribution in [3.63, 3.8) is 0 Å². The molecule has 7 rings (SSSR count). The van der Waals surface area contributed by atoms with E-state index in [1.54, 1.807) is 0 Å². The zero-order chi connectivity index (χ0) is 23.3. The molecule has 0 aromatic heterocycles. The van der Waals surface area contributed by atoms with Crippen molar-refractivity contribution in [3.05, 3.63) is 71.3 Å². The summed E-state index contributed by atoms with van der Waals surface area (Å²) in [6.45, 7) is 3.67.